The van der Waals surface area contributed by atoms with Crippen LogP contribution in [-0.4, -0.2) is 18.2 Å². The van der Waals surface area contributed by atoms with Gasteiger partial charge in [0.25, 0.3) is 5.91 Å². The summed E-state index contributed by atoms with van der Waals surface area (Å²) in [5, 5.41) is 2.32. The summed E-state index contributed by atoms with van der Waals surface area (Å²) in [4.78, 5) is 16.5. The smallest absolute Gasteiger partial charge is 0.417 e. The molecule has 1 aliphatic heterocycles. The molecule has 0 saturated carbocycles. The Bertz CT molecular complexity index is 941. The van der Waals surface area contributed by atoms with E-state index >= 15 is 0 Å². The SMILES string of the molecule is COc1ccc(/C=C2\SC(=Nc3ccc(Cl)c(C(F)(F)F)c3)NC2=O)cc1. The Morgan fingerprint density at radius 1 is 1.19 bits per heavy atom. The fourth-order valence-electron chi connectivity index (χ4n) is 2.25. The lowest BCUT2D eigenvalue weighted by Crippen LogP contribution is -2.19. The van der Waals surface area contributed by atoms with Crippen molar-refractivity contribution in [2.45, 2.75) is 6.18 Å². The van der Waals surface area contributed by atoms with E-state index in [1.165, 1.54) is 6.07 Å². The number of hydrogen-bond acceptors (Lipinski definition) is 4. The van der Waals surface area contributed by atoms with E-state index in [4.69, 9.17) is 16.3 Å². The number of methoxy groups -OCH3 is 1. The zero-order valence-electron chi connectivity index (χ0n) is 13.8. The highest BCUT2D eigenvalue weighted by Gasteiger charge is 2.33. The number of rotatable bonds is 3. The summed E-state index contributed by atoms with van der Waals surface area (Å²) >= 11 is 6.64. The third kappa shape index (κ3) is 4.64. The predicted octanol–water partition coefficient (Wildman–Crippen LogP) is 5.26. The molecule has 0 spiro atoms. The van der Waals surface area contributed by atoms with Crippen molar-refractivity contribution in [1.82, 2.24) is 5.32 Å². The van der Waals surface area contributed by atoms with Gasteiger partial charge >= 0.3 is 6.18 Å². The van der Waals surface area contributed by atoms with E-state index in [0.29, 0.717) is 10.7 Å². The van der Waals surface area contributed by atoms with Crippen LogP contribution >= 0.6 is 23.4 Å². The minimum absolute atomic E-state index is 0.0419. The minimum Gasteiger partial charge on any atom is -0.497 e. The van der Waals surface area contributed by atoms with Gasteiger partial charge in [0.1, 0.15) is 5.75 Å². The Morgan fingerprint density at radius 3 is 2.52 bits per heavy atom. The number of amidine groups is 1. The second kappa shape index (κ2) is 7.66. The molecular formula is C18H12ClF3N2O2S. The summed E-state index contributed by atoms with van der Waals surface area (Å²) in [6.07, 6.45) is -2.93. The fourth-order valence-corrected chi connectivity index (χ4v) is 3.32. The van der Waals surface area contributed by atoms with Crippen molar-refractivity contribution < 1.29 is 22.7 Å². The molecule has 3 rings (SSSR count). The topological polar surface area (TPSA) is 50.7 Å². The molecule has 0 bridgehead atoms. The second-order valence-electron chi connectivity index (χ2n) is 5.42. The third-order valence-corrected chi connectivity index (χ3v) is 4.79. The van der Waals surface area contributed by atoms with Crippen molar-refractivity contribution in [2.75, 3.05) is 7.11 Å². The molecule has 0 radical (unpaired) electrons. The van der Waals surface area contributed by atoms with Crippen LogP contribution in [0.2, 0.25) is 5.02 Å². The molecule has 27 heavy (non-hydrogen) atoms. The number of halogens is 4. The Hall–Kier alpha value is -2.45. The van der Waals surface area contributed by atoms with Crippen LogP contribution in [0.5, 0.6) is 5.75 Å². The van der Waals surface area contributed by atoms with Gasteiger partial charge in [0.15, 0.2) is 5.17 Å². The van der Waals surface area contributed by atoms with Crippen molar-refractivity contribution >= 4 is 46.2 Å². The molecule has 1 saturated heterocycles. The van der Waals surface area contributed by atoms with Crippen LogP contribution in [-0.2, 0) is 11.0 Å². The van der Waals surface area contributed by atoms with Crippen molar-refractivity contribution in [3.8, 4) is 5.75 Å². The molecule has 9 heteroatoms. The second-order valence-corrected chi connectivity index (χ2v) is 6.85. The summed E-state index contributed by atoms with van der Waals surface area (Å²) in [5.41, 5.74) is -0.157. The molecule has 1 amide bonds. The van der Waals surface area contributed by atoms with E-state index in [2.05, 4.69) is 10.3 Å². The van der Waals surface area contributed by atoms with Gasteiger partial charge in [-0.2, -0.15) is 13.2 Å². The Kier molecular flexibility index (Phi) is 5.48. The van der Waals surface area contributed by atoms with Crippen LogP contribution < -0.4 is 10.1 Å². The number of carbonyl (C=O) groups excluding carboxylic acids is 1. The largest absolute Gasteiger partial charge is 0.497 e. The van der Waals surface area contributed by atoms with Crippen LogP contribution in [0.1, 0.15) is 11.1 Å². The number of ether oxygens (including phenoxy) is 1. The van der Waals surface area contributed by atoms with Crippen LogP contribution in [0.15, 0.2) is 52.4 Å². The van der Waals surface area contributed by atoms with Crippen molar-refractivity contribution in [1.29, 1.82) is 0 Å². The average molecular weight is 413 g/mol. The summed E-state index contributed by atoms with van der Waals surface area (Å²) in [6, 6.07) is 10.4. The highest BCUT2D eigenvalue weighted by atomic mass is 35.5. The number of amides is 1. The van der Waals surface area contributed by atoms with E-state index in [1.807, 2.05) is 0 Å². The van der Waals surface area contributed by atoms with Gasteiger partial charge < -0.3 is 10.1 Å². The van der Waals surface area contributed by atoms with Gasteiger partial charge in [0.2, 0.25) is 0 Å². The monoisotopic (exact) mass is 412 g/mol. The van der Waals surface area contributed by atoms with Gasteiger partial charge in [-0.15, -0.1) is 0 Å². The van der Waals surface area contributed by atoms with E-state index in [1.54, 1.807) is 37.5 Å². The molecule has 4 nitrogen and oxygen atoms in total. The normalized spacial score (nSPS) is 17.4. The number of thioether (sulfide) groups is 1. The van der Waals surface area contributed by atoms with Crippen molar-refractivity contribution in [2.24, 2.45) is 4.99 Å². The van der Waals surface area contributed by atoms with Gasteiger partial charge in [-0.3, -0.25) is 4.79 Å². The molecule has 2 aromatic carbocycles. The molecule has 0 atom stereocenters. The number of nitrogens with one attached hydrogen (secondary N) is 1. The first-order valence-corrected chi connectivity index (χ1v) is 8.76. The molecule has 0 unspecified atom stereocenters. The van der Waals surface area contributed by atoms with Gasteiger partial charge in [0.05, 0.1) is 28.3 Å². The summed E-state index contributed by atoms with van der Waals surface area (Å²) < 4.78 is 43.9. The number of nitrogens with zero attached hydrogens (tertiary/aromatic N) is 1. The highest BCUT2D eigenvalue weighted by Crippen LogP contribution is 2.37. The maximum Gasteiger partial charge on any atom is 0.417 e. The molecule has 0 aliphatic carbocycles. The lowest BCUT2D eigenvalue weighted by atomic mass is 10.2. The standard InChI is InChI=1S/C18H12ClF3N2O2S/c1-26-12-5-2-10(3-6-12)8-15-16(25)24-17(27-15)23-11-4-7-14(19)13(9-11)18(20,21)22/h2-9H,1H3,(H,23,24,25)/b15-8-. The Balaban J connectivity index is 1.83. The minimum atomic E-state index is -4.58. The molecule has 1 aliphatic rings. The summed E-state index contributed by atoms with van der Waals surface area (Å²) in [7, 11) is 1.55. The molecule has 1 fully saturated rings. The maximum atomic E-state index is 12.9. The number of aliphatic imine (C=N–C) groups is 1. The van der Waals surface area contributed by atoms with Gasteiger partial charge in [-0.05, 0) is 53.7 Å². The molecular weight excluding hydrogens is 401 g/mol. The Labute approximate surface area is 162 Å². The highest BCUT2D eigenvalue weighted by molar-refractivity contribution is 8.18. The maximum absolute atomic E-state index is 12.9. The Morgan fingerprint density at radius 2 is 1.89 bits per heavy atom. The van der Waals surface area contributed by atoms with E-state index in [9.17, 15) is 18.0 Å². The molecule has 1 heterocycles. The van der Waals surface area contributed by atoms with E-state index in [0.717, 1.165) is 29.5 Å². The first kappa shape index (κ1) is 19.3. The van der Waals surface area contributed by atoms with E-state index < -0.39 is 16.8 Å². The van der Waals surface area contributed by atoms with Crippen LogP contribution in [0, 0.1) is 0 Å². The van der Waals surface area contributed by atoms with Gasteiger partial charge in [-0.1, -0.05) is 23.7 Å². The van der Waals surface area contributed by atoms with Crippen molar-refractivity contribution in [3.05, 3.63) is 63.5 Å². The van der Waals surface area contributed by atoms with E-state index in [-0.39, 0.29) is 16.8 Å². The molecule has 2 aromatic rings. The first-order chi connectivity index (χ1) is 12.8. The zero-order chi connectivity index (χ0) is 19.6. The predicted molar refractivity (Wildman–Crippen MR) is 100 cm³/mol. The first-order valence-electron chi connectivity index (χ1n) is 7.56. The van der Waals surface area contributed by atoms with Crippen molar-refractivity contribution in [3.63, 3.8) is 0 Å². The molecule has 0 aromatic heterocycles. The lowest BCUT2D eigenvalue weighted by molar-refractivity contribution is -0.137. The number of carbonyl (C=O) groups is 1. The summed E-state index contributed by atoms with van der Waals surface area (Å²) in [5.74, 6) is 0.311. The van der Waals surface area contributed by atoms with Gasteiger partial charge in [0, 0.05) is 0 Å². The number of hydrogen-bond donors (Lipinski definition) is 1. The summed E-state index contributed by atoms with van der Waals surface area (Å²) in [6.45, 7) is 0. The zero-order valence-corrected chi connectivity index (χ0v) is 15.4. The fraction of sp³-hybridized carbons (Fsp3) is 0.111. The molecule has 140 valence electrons. The number of benzene rings is 2. The van der Waals surface area contributed by atoms with Gasteiger partial charge in [-0.25, -0.2) is 4.99 Å². The van der Waals surface area contributed by atoms with Crippen LogP contribution in [0.25, 0.3) is 6.08 Å². The third-order valence-electron chi connectivity index (χ3n) is 3.55. The average Bonchev–Trinajstić information content (AvgIpc) is 2.95. The van der Waals surface area contributed by atoms with Crippen LogP contribution in [0.3, 0.4) is 0 Å². The molecule has 1 N–H and O–H groups in total. The quantitative estimate of drug-likeness (QED) is 0.700. The number of alkyl halides is 3. The lowest BCUT2D eigenvalue weighted by Gasteiger charge is -2.09. The van der Waals surface area contributed by atoms with Crippen LogP contribution in [0.4, 0.5) is 18.9 Å².